The lowest BCUT2D eigenvalue weighted by atomic mass is 10.1. The van der Waals surface area contributed by atoms with E-state index in [2.05, 4.69) is 48.2 Å². The van der Waals surface area contributed by atoms with Gasteiger partial charge in [0.15, 0.2) is 0 Å². The number of hydrogen-bond donors (Lipinski definition) is 1. The molecule has 4 nitrogen and oxygen atoms in total. The van der Waals surface area contributed by atoms with Crippen LogP contribution in [0.15, 0.2) is 53.6 Å². The SMILES string of the molecule is C=S(=O)(c1cnc(Nc2cccc(C)c2)c2cccc(C)c12)N1CCCCC1. The molecule has 0 amide bonds. The molecule has 0 bridgehead atoms. The highest BCUT2D eigenvalue weighted by Crippen LogP contribution is 2.34. The maximum Gasteiger partial charge on any atom is 0.138 e. The topological polar surface area (TPSA) is 45.2 Å². The van der Waals surface area contributed by atoms with Gasteiger partial charge in [0.1, 0.15) is 5.82 Å². The number of aromatic nitrogens is 1. The van der Waals surface area contributed by atoms with Crippen LogP contribution in [0.5, 0.6) is 0 Å². The summed E-state index contributed by atoms with van der Waals surface area (Å²) in [6.45, 7) is 5.80. The van der Waals surface area contributed by atoms with Crippen molar-refractivity contribution in [2.75, 3.05) is 18.4 Å². The van der Waals surface area contributed by atoms with Crippen LogP contribution in [0, 0.1) is 13.8 Å². The van der Waals surface area contributed by atoms with Crippen LogP contribution >= 0.6 is 0 Å². The van der Waals surface area contributed by atoms with Crippen molar-refractivity contribution in [3.05, 3.63) is 59.8 Å². The molecule has 5 heteroatoms. The summed E-state index contributed by atoms with van der Waals surface area (Å²) in [6, 6.07) is 14.4. The predicted molar refractivity (Wildman–Crippen MR) is 120 cm³/mol. The van der Waals surface area contributed by atoms with Gasteiger partial charge in [-0.05, 0) is 55.8 Å². The Kier molecular flexibility index (Phi) is 5.13. The van der Waals surface area contributed by atoms with Crippen molar-refractivity contribution in [2.45, 2.75) is 38.0 Å². The first kappa shape index (κ1) is 19.0. The minimum absolute atomic E-state index is 0.747. The molecule has 1 aromatic heterocycles. The van der Waals surface area contributed by atoms with Gasteiger partial charge in [-0.25, -0.2) is 13.5 Å². The quantitative estimate of drug-likeness (QED) is 0.629. The van der Waals surface area contributed by atoms with Crippen molar-refractivity contribution in [1.82, 2.24) is 9.29 Å². The number of pyridine rings is 1. The first-order valence-corrected chi connectivity index (χ1v) is 11.5. The van der Waals surface area contributed by atoms with Gasteiger partial charge >= 0.3 is 0 Å². The summed E-state index contributed by atoms with van der Waals surface area (Å²) in [4.78, 5) is 5.42. The third-order valence-electron chi connectivity index (χ3n) is 5.44. The Bertz CT molecular complexity index is 1120. The summed E-state index contributed by atoms with van der Waals surface area (Å²) in [5.41, 5.74) is 3.28. The molecule has 1 aliphatic heterocycles. The zero-order valence-electron chi connectivity index (χ0n) is 16.6. The number of hydrogen-bond acceptors (Lipinski definition) is 3. The van der Waals surface area contributed by atoms with E-state index in [1.54, 1.807) is 6.20 Å². The molecule has 0 radical (unpaired) electrons. The minimum Gasteiger partial charge on any atom is -0.340 e. The van der Waals surface area contributed by atoms with Crippen LogP contribution in [0.25, 0.3) is 10.8 Å². The molecule has 2 heterocycles. The largest absolute Gasteiger partial charge is 0.340 e. The Balaban J connectivity index is 1.84. The summed E-state index contributed by atoms with van der Waals surface area (Å²) in [6.07, 6.45) is 5.11. The highest BCUT2D eigenvalue weighted by atomic mass is 32.2. The molecule has 2 aromatic carbocycles. The second-order valence-electron chi connectivity index (χ2n) is 7.59. The van der Waals surface area contributed by atoms with E-state index < -0.39 is 9.71 Å². The molecule has 146 valence electrons. The number of nitrogens with one attached hydrogen (secondary N) is 1. The van der Waals surface area contributed by atoms with E-state index in [4.69, 9.17) is 0 Å². The summed E-state index contributed by atoms with van der Waals surface area (Å²) in [5, 5.41) is 5.41. The van der Waals surface area contributed by atoms with E-state index >= 15 is 0 Å². The normalized spacial score (nSPS) is 17.4. The number of anilines is 2. The van der Waals surface area contributed by atoms with Gasteiger partial charge in [0, 0.05) is 35.7 Å². The van der Waals surface area contributed by atoms with Gasteiger partial charge in [-0.3, -0.25) is 0 Å². The Hall–Kier alpha value is -2.37. The van der Waals surface area contributed by atoms with Crippen molar-refractivity contribution < 1.29 is 4.21 Å². The summed E-state index contributed by atoms with van der Waals surface area (Å²) in [5.74, 6) is 4.95. The number of nitrogens with zero attached hydrogens (tertiary/aromatic N) is 2. The van der Waals surface area contributed by atoms with E-state index in [0.717, 1.165) is 58.7 Å². The van der Waals surface area contributed by atoms with Gasteiger partial charge in [0.2, 0.25) is 0 Å². The van der Waals surface area contributed by atoms with Crippen molar-refractivity contribution in [3.8, 4) is 0 Å². The number of rotatable bonds is 4. The van der Waals surface area contributed by atoms with Crippen molar-refractivity contribution in [1.29, 1.82) is 0 Å². The fraction of sp³-hybridized carbons (Fsp3) is 0.304. The monoisotopic (exact) mass is 393 g/mol. The van der Waals surface area contributed by atoms with Crippen LogP contribution in [0.3, 0.4) is 0 Å². The van der Waals surface area contributed by atoms with Crippen LogP contribution < -0.4 is 5.32 Å². The molecular weight excluding hydrogens is 366 g/mol. The molecule has 1 unspecified atom stereocenters. The predicted octanol–water partition coefficient (Wildman–Crippen LogP) is 5.07. The molecule has 28 heavy (non-hydrogen) atoms. The number of aryl methyl sites for hydroxylation is 2. The molecule has 1 atom stereocenters. The second-order valence-corrected chi connectivity index (χ2v) is 9.83. The van der Waals surface area contributed by atoms with Crippen molar-refractivity contribution >= 4 is 37.9 Å². The zero-order chi connectivity index (χ0) is 19.7. The summed E-state index contributed by atoms with van der Waals surface area (Å²) < 4.78 is 15.8. The first-order chi connectivity index (χ1) is 13.5. The zero-order valence-corrected chi connectivity index (χ0v) is 17.4. The van der Waals surface area contributed by atoms with Crippen LogP contribution in [0.4, 0.5) is 11.5 Å². The van der Waals surface area contributed by atoms with Gasteiger partial charge in [-0.1, -0.05) is 36.8 Å². The van der Waals surface area contributed by atoms with Crippen LogP contribution in [0.2, 0.25) is 0 Å². The average Bonchev–Trinajstić information content (AvgIpc) is 2.69. The Morgan fingerprint density at radius 2 is 1.82 bits per heavy atom. The molecule has 1 fully saturated rings. The molecule has 1 saturated heterocycles. The number of fused-ring (bicyclic) bond motifs is 1. The third-order valence-corrected chi connectivity index (χ3v) is 7.64. The van der Waals surface area contributed by atoms with E-state index in [9.17, 15) is 4.21 Å². The van der Waals surface area contributed by atoms with E-state index in [0.29, 0.717) is 0 Å². The lowest BCUT2D eigenvalue weighted by Gasteiger charge is -2.30. The summed E-state index contributed by atoms with van der Waals surface area (Å²) >= 11 is 0. The highest BCUT2D eigenvalue weighted by Gasteiger charge is 2.24. The smallest absolute Gasteiger partial charge is 0.138 e. The second kappa shape index (κ2) is 7.57. The fourth-order valence-electron chi connectivity index (χ4n) is 3.95. The first-order valence-electron chi connectivity index (χ1n) is 9.81. The van der Waals surface area contributed by atoms with Gasteiger partial charge in [0.05, 0.1) is 14.6 Å². The lowest BCUT2D eigenvalue weighted by molar-refractivity contribution is 0.364. The van der Waals surface area contributed by atoms with E-state index in [-0.39, 0.29) is 0 Å². The third kappa shape index (κ3) is 3.52. The van der Waals surface area contributed by atoms with Gasteiger partial charge in [0.25, 0.3) is 0 Å². The van der Waals surface area contributed by atoms with E-state index in [1.165, 1.54) is 12.0 Å². The molecule has 1 aliphatic rings. The molecular formula is C23H27N3OS. The maximum absolute atomic E-state index is 13.8. The molecule has 0 spiro atoms. The lowest BCUT2D eigenvalue weighted by Crippen LogP contribution is -2.35. The summed E-state index contributed by atoms with van der Waals surface area (Å²) in [7, 11) is -2.56. The van der Waals surface area contributed by atoms with Crippen molar-refractivity contribution in [3.63, 3.8) is 0 Å². The number of piperidine rings is 1. The van der Waals surface area contributed by atoms with Crippen molar-refractivity contribution in [2.24, 2.45) is 0 Å². The van der Waals surface area contributed by atoms with Crippen LogP contribution in [-0.2, 0) is 9.71 Å². The minimum atomic E-state index is -2.56. The molecule has 3 aromatic rings. The van der Waals surface area contributed by atoms with Crippen LogP contribution in [0.1, 0.15) is 30.4 Å². The molecule has 4 rings (SSSR count). The standard InChI is InChI=1S/C23H27N3OS/c1-17-9-7-11-19(15-17)25-23-20-12-8-10-18(2)22(20)21(16-24-23)28(3,27)26-13-5-4-6-14-26/h7-12,15-16H,3-6,13-14H2,1-2H3,(H,24,25). The molecule has 0 saturated carbocycles. The maximum atomic E-state index is 13.8. The average molecular weight is 394 g/mol. The molecule has 0 aliphatic carbocycles. The van der Waals surface area contributed by atoms with Gasteiger partial charge in [-0.2, -0.15) is 0 Å². The van der Waals surface area contributed by atoms with Gasteiger partial charge < -0.3 is 5.32 Å². The van der Waals surface area contributed by atoms with E-state index in [1.807, 2.05) is 28.6 Å². The number of benzene rings is 2. The van der Waals surface area contributed by atoms with Crippen LogP contribution in [-0.4, -0.2) is 32.5 Å². The fourth-order valence-corrected chi connectivity index (χ4v) is 5.88. The Morgan fingerprint density at radius 3 is 2.57 bits per heavy atom. The highest BCUT2D eigenvalue weighted by molar-refractivity contribution is 7.98. The Morgan fingerprint density at radius 1 is 1.07 bits per heavy atom. The van der Waals surface area contributed by atoms with Gasteiger partial charge in [-0.15, -0.1) is 0 Å². The molecule has 1 N–H and O–H groups in total. The Labute approximate surface area is 167 Å².